The van der Waals surface area contributed by atoms with Crippen molar-refractivity contribution in [1.82, 2.24) is 0 Å². The number of ether oxygens (including phenoxy) is 1. The van der Waals surface area contributed by atoms with Crippen LogP contribution in [-0.4, -0.2) is 12.1 Å². The molecule has 0 N–H and O–H groups in total. The fraction of sp³-hybridized carbons (Fsp3) is 0.389. The maximum atomic E-state index is 11.3. The molecule has 1 aromatic carbocycles. The van der Waals surface area contributed by atoms with Gasteiger partial charge in [-0.1, -0.05) is 48.6 Å². The molecule has 2 nitrogen and oxygen atoms in total. The molecule has 0 aliphatic heterocycles. The van der Waals surface area contributed by atoms with E-state index in [1.165, 1.54) is 24.5 Å². The Kier molecular flexibility index (Phi) is 5.16. The largest absolute Gasteiger partial charge is 0.458 e. The molecule has 0 saturated heterocycles. The Morgan fingerprint density at radius 2 is 2.05 bits per heavy atom. The number of carbonyl (C=O) groups is 1. The van der Waals surface area contributed by atoms with Gasteiger partial charge < -0.3 is 4.74 Å². The fourth-order valence-corrected chi connectivity index (χ4v) is 2.34. The average Bonchev–Trinajstić information content (AvgIpc) is 2.39. The smallest absolute Gasteiger partial charge is 0.303 e. The Hall–Kier alpha value is -1.83. The van der Waals surface area contributed by atoms with Crippen LogP contribution in [0.3, 0.4) is 0 Å². The maximum absolute atomic E-state index is 11.3. The number of rotatable bonds is 6. The summed E-state index contributed by atoms with van der Waals surface area (Å²) in [5, 5.41) is 0. The van der Waals surface area contributed by atoms with Crippen molar-refractivity contribution in [2.24, 2.45) is 0 Å². The molecule has 2 heteroatoms. The van der Waals surface area contributed by atoms with Gasteiger partial charge in [0.2, 0.25) is 0 Å². The van der Waals surface area contributed by atoms with Crippen LogP contribution in [0, 0.1) is 0 Å². The van der Waals surface area contributed by atoms with E-state index in [1.807, 2.05) is 18.2 Å². The van der Waals surface area contributed by atoms with Gasteiger partial charge in [-0.15, -0.1) is 0 Å². The van der Waals surface area contributed by atoms with Gasteiger partial charge in [0.05, 0.1) is 0 Å². The van der Waals surface area contributed by atoms with Gasteiger partial charge in [-0.05, 0) is 43.2 Å². The number of hydrogen-bond donors (Lipinski definition) is 0. The van der Waals surface area contributed by atoms with Gasteiger partial charge in [-0.25, -0.2) is 0 Å². The highest BCUT2D eigenvalue weighted by molar-refractivity contribution is 5.66. The molecule has 20 heavy (non-hydrogen) atoms. The van der Waals surface area contributed by atoms with Crippen LogP contribution in [0.1, 0.15) is 38.2 Å². The third kappa shape index (κ3) is 4.37. The molecule has 0 aromatic heterocycles. The Morgan fingerprint density at radius 3 is 2.60 bits per heavy atom. The minimum atomic E-state index is -0.240. The zero-order valence-corrected chi connectivity index (χ0v) is 12.1. The topological polar surface area (TPSA) is 26.3 Å². The third-order valence-corrected chi connectivity index (χ3v) is 3.65. The molecule has 106 valence electrons. The lowest BCUT2D eigenvalue weighted by atomic mass is 9.89. The minimum Gasteiger partial charge on any atom is -0.458 e. The second-order valence-corrected chi connectivity index (χ2v) is 5.35. The molecular formula is C18H22O2. The molecule has 1 unspecified atom stereocenters. The van der Waals surface area contributed by atoms with Crippen LogP contribution in [0.4, 0.5) is 0 Å². The van der Waals surface area contributed by atoms with E-state index >= 15 is 0 Å². The van der Waals surface area contributed by atoms with Crippen LogP contribution in [-0.2, 0) is 16.0 Å². The number of hydrogen-bond acceptors (Lipinski definition) is 2. The molecule has 0 amide bonds. The van der Waals surface area contributed by atoms with E-state index < -0.39 is 0 Å². The van der Waals surface area contributed by atoms with Gasteiger partial charge in [-0.2, -0.15) is 0 Å². The Labute approximate surface area is 121 Å². The lowest BCUT2D eigenvalue weighted by Gasteiger charge is -2.21. The second kappa shape index (κ2) is 7.09. The van der Waals surface area contributed by atoms with Gasteiger partial charge in [0, 0.05) is 6.92 Å². The van der Waals surface area contributed by atoms with Crippen LogP contribution in [0.2, 0.25) is 0 Å². The molecule has 1 aromatic rings. The normalized spacial score (nSPS) is 15.2. The lowest BCUT2D eigenvalue weighted by Crippen LogP contribution is -2.19. The first-order chi connectivity index (χ1) is 9.65. The van der Waals surface area contributed by atoms with Crippen molar-refractivity contribution in [1.29, 1.82) is 0 Å². The molecule has 1 saturated carbocycles. The molecule has 0 bridgehead atoms. The minimum absolute atomic E-state index is 0.208. The predicted octanol–water partition coefficient (Wildman–Crippen LogP) is 4.22. The van der Waals surface area contributed by atoms with Crippen molar-refractivity contribution in [2.45, 2.75) is 45.1 Å². The van der Waals surface area contributed by atoms with Crippen molar-refractivity contribution in [3.05, 3.63) is 59.7 Å². The molecule has 1 aliphatic rings. The van der Waals surface area contributed by atoms with Crippen LogP contribution in [0.15, 0.2) is 54.1 Å². The number of esters is 1. The van der Waals surface area contributed by atoms with Gasteiger partial charge >= 0.3 is 5.97 Å². The van der Waals surface area contributed by atoms with Crippen molar-refractivity contribution in [3.63, 3.8) is 0 Å². The lowest BCUT2D eigenvalue weighted by molar-refractivity contribution is -0.144. The number of aryl methyl sites for hydroxylation is 1. The zero-order valence-electron chi connectivity index (χ0n) is 12.1. The molecule has 1 atom stereocenters. The van der Waals surface area contributed by atoms with Crippen molar-refractivity contribution in [3.8, 4) is 0 Å². The summed E-state index contributed by atoms with van der Waals surface area (Å²) >= 11 is 0. The van der Waals surface area contributed by atoms with Crippen molar-refractivity contribution < 1.29 is 9.53 Å². The Bertz CT molecular complexity index is 493. The van der Waals surface area contributed by atoms with E-state index in [9.17, 15) is 4.79 Å². The first kappa shape index (κ1) is 14.6. The predicted molar refractivity (Wildman–Crippen MR) is 81.4 cm³/mol. The second-order valence-electron chi connectivity index (χ2n) is 5.35. The molecular weight excluding hydrogens is 248 g/mol. The summed E-state index contributed by atoms with van der Waals surface area (Å²) in [5.41, 5.74) is 3.60. The summed E-state index contributed by atoms with van der Waals surface area (Å²) in [6, 6.07) is 10.3. The summed E-state index contributed by atoms with van der Waals surface area (Å²) in [6.07, 6.45) is 7.16. The van der Waals surface area contributed by atoms with Gasteiger partial charge in [0.1, 0.15) is 6.10 Å². The fourth-order valence-electron chi connectivity index (χ4n) is 2.34. The standard InChI is InChI=1S/C18H22O2/c1-14(13-17-9-6-10-17)18(20-15(2)19)12-11-16-7-4-3-5-8-16/h3-5,7-8,13,18H,1,6,9-12H2,2H3. The van der Waals surface area contributed by atoms with Crippen LogP contribution >= 0.6 is 0 Å². The summed E-state index contributed by atoms with van der Waals surface area (Å²) < 4.78 is 5.42. The highest BCUT2D eigenvalue weighted by atomic mass is 16.5. The van der Waals surface area contributed by atoms with Crippen LogP contribution in [0.5, 0.6) is 0 Å². The van der Waals surface area contributed by atoms with E-state index in [0.29, 0.717) is 0 Å². The molecule has 2 rings (SSSR count). The van der Waals surface area contributed by atoms with E-state index in [-0.39, 0.29) is 12.1 Å². The Balaban J connectivity index is 1.96. The quantitative estimate of drug-likeness (QED) is 0.723. The number of benzene rings is 1. The van der Waals surface area contributed by atoms with Gasteiger partial charge in [0.15, 0.2) is 0 Å². The molecule has 0 spiro atoms. The van der Waals surface area contributed by atoms with E-state index in [2.05, 4.69) is 24.8 Å². The summed E-state index contributed by atoms with van der Waals surface area (Å²) in [4.78, 5) is 11.3. The van der Waals surface area contributed by atoms with Crippen LogP contribution in [0.25, 0.3) is 0 Å². The highest BCUT2D eigenvalue weighted by Gasteiger charge is 2.17. The average molecular weight is 270 g/mol. The zero-order chi connectivity index (χ0) is 14.4. The van der Waals surface area contributed by atoms with Gasteiger partial charge in [-0.3, -0.25) is 4.79 Å². The Morgan fingerprint density at radius 1 is 1.35 bits per heavy atom. The molecule has 0 radical (unpaired) electrons. The monoisotopic (exact) mass is 270 g/mol. The SMILES string of the molecule is C=C(C=C1CCC1)C(CCc1ccccc1)OC(C)=O. The molecule has 0 heterocycles. The number of allylic oxidation sites excluding steroid dienone is 1. The first-order valence-electron chi connectivity index (χ1n) is 7.24. The van der Waals surface area contributed by atoms with E-state index in [0.717, 1.165) is 31.3 Å². The molecule has 1 fully saturated rings. The maximum Gasteiger partial charge on any atom is 0.303 e. The van der Waals surface area contributed by atoms with E-state index in [4.69, 9.17) is 4.74 Å². The van der Waals surface area contributed by atoms with Gasteiger partial charge in [0.25, 0.3) is 0 Å². The third-order valence-electron chi connectivity index (χ3n) is 3.65. The highest BCUT2D eigenvalue weighted by Crippen LogP contribution is 2.28. The summed E-state index contributed by atoms with van der Waals surface area (Å²) in [7, 11) is 0. The number of carbonyl (C=O) groups excluding carboxylic acids is 1. The summed E-state index contributed by atoms with van der Waals surface area (Å²) in [5.74, 6) is -0.240. The first-order valence-corrected chi connectivity index (χ1v) is 7.24. The summed E-state index contributed by atoms with van der Waals surface area (Å²) in [6.45, 7) is 5.55. The van der Waals surface area contributed by atoms with Crippen molar-refractivity contribution in [2.75, 3.05) is 0 Å². The van der Waals surface area contributed by atoms with Crippen molar-refractivity contribution >= 4 is 5.97 Å². The van der Waals surface area contributed by atoms with Crippen LogP contribution < -0.4 is 0 Å². The molecule has 1 aliphatic carbocycles. The van der Waals surface area contributed by atoms with E-state index in [1.54, 1.807) is 0 Å².